The molecule has 0 fully saturated rings. The van der Waals surface area contributed by atoms with Crippen LogP contribution in [0.3, 0.4) is 0 Å². The lowest BCUT2D eigenvalue weighted by molar-refractivity contribution is -0.384. The normalized spacial score (nSPS) is 14.5. The van der Waals surface area contributed by atoms with E-state index in [1.165, 1.54) is 23.5 Å². The SMILES string of the molecule is O=[N+]([O-])c1ccc(-c2csc(N/N=C3/CCOc4ccccc43)n2)cc1. The minimum atomic E-state index is -0.417. The lowest BCUT2D eigenvalue weighted by atomic mass is 10.0. The van der Waals surface area contributed by atoms with Crippen LogP contribution in [-0.2, 0) is 0 Å². The number of hydrazone groups is 1. The first-order valence-corrected chi connectivity index (χ1v) is 8.84. The Morgan fingerprint density at radius 1 is 1.19 bits per heavy atom. The molecule has 0 saturated heterocycles. The van der Waals surface area contributed by atoms with Gasteiger partial charge in [-0.05, 0) is 24.3 Å². The van der Waals surface area contributed by atoms with Crippen LogP contribution in [0.15, 0.2) is 59.0 Å². The maximum Gasteiger partial charge on any atom is 0.269 e. The van der Waals surface area contributed by atoms with Gasteiger partial charge in [-0.3, -0.25) is 15.5 Å². The van der Waals surface area contributed by atoms with E-state index in [4.69, 9.17) is 4.74 Å². The summed E-state index contributed by atoms with van der Waals surface area (Å²) >= 11 is 1.43. The van der Waals surface area contributed by atoms with Crippen LogP contribution in [0.2, 0.25) is 0 Å². The average molecular weight is 366 g/mol. The van der Waals surface area contributed by atoms with Crippen molar-refractivity contribution >= 4 is 27.9 Å². The number of aromatic nitrogens is 1. The van der Waals surface area contributed by atoms with Crippen molar-refractivity contribution in [3.8, 4) is 17.0 Å². The quantitative estimate of drug-likeness (QED) is 0.549. The summed E-state index contributed by atoms with van der Waals surface area (Å²) < 4.78 is 5.62. The number of hydrogen-bond donors (Lipinski definition) is 1. The molecule has 8 heteroatoms. The summed E-state index contributed by atoms with van der Waals surface area (Å²) in [6.45, 7) is 0.601. The van der Waals surface area contributed by atoms with Crippen LogP contribution in [0.5, 0.6) is 5.75 Å². The first-order valence-electron chi connectivity index (χ1n) is 7.96. The second-order valence-corrected chi connectivity index (χ2v) is 6.46. The van der Waals surface area contributed by atoms with E-state index in [9.17, 15) is 10.1 Å². The fourth-order valence-electron chi connectivity index (χ4n) is 2.67. The van der Waals surface area contributed by atoms with Gasteiger partial charge in [0.1, 0.15) is 5.75 Å². The van der Waals surface area contributed by atoms with E-state index < -0.39 is 4.92 Å². The molecule has 0 aliphatic carbocycles. The van der Waals surface area contributed by atoms with Gasteiger partial charge in [0.15, 0.2) is 0 Å². The van der Waals surface area contributed by atoms with Crippen molar-refractivity contribution in [2.75, 3.05) is 12.0 Å². The molecule has 1 aliphatic heterocycles. The molecule has 1 aromatic heterocycles. The first kappa shape index (κ1) is 16.2. The number of nitrogens with zero attached hydrogens (tertiary/aromatic N) is 3. The molecule has 2 heterocycles. The number of hydrogen-bond acceptors (Lipinski definition) is 7. The highest BCUT2D eigenvalue weighted by molar-refractivity contribution is 7.14. The Morgan fingerprint density at radius 2 is 2.00 bits per heavy atom. The van der Waals surface area contributed by atoms with Gasteiger partial charge in [-0.2, -0.15) is 5.10 Å². The van der Waals surface area contributed by atoms with Gasteiger partial charge in [0.2, 0.25) is 5.13 Å². The zero-order valence-electron chi connectivity index (χ0n) is 13.6. The van der Waals surface area contributed by atoms with E-state index in [0.717, 1.165) is 34.7 Å². The van der Waals surface area contributed by atoms with Crippen LogP contribution >= 0.6 is 11.3 Å². The minimum absolute atomic E-state index is 0.0620. The largest absolute Gasteiger partial charge is 0.492 e. The molecule has 0 amide bonds. The zero-order valence-corrected chi connectivity index (χ0v) is 14.4. The number of anilines is 1. The van der Waals surface area contributed by atoms with Crippen molar-refractivity contribution in [3.63, 3.8) is 0 Å². The van der Waals surface area contributed by atoms with E-state index >= 15 is 0 Å². The smallest absolute Gasteiger partial charge is 0.269 e. The molecule has 7 nitrogen and oxygen atoms in total. The van der Waals surface area contributed by atoms with Gasteiger partial charge in [0.25, 0.3) is 5.69 Å². The van der Waals surface area contributed by atoms with Crippen molar-refractivity contribution in [1.29, 1.82) is 0 Å². The standard InChI is InChI=1S/C18H14N4O3S/c23-22(24)13-7-5-12(6-8-13)16-11-26-18(19-16)21-20-15-9-10-25-17-4-2-1-3-14(15)17/h1-8,11H,9-10H2,(H,19,21)/b20-15-. The lowest BCUT2D eigenvalue weighted by Crippen LogP contribution is -2.17. The molecule has 0 atom stereocenters. The summed E-state index contributed by atoms with van der Waals surface area (Å²) in [4.78, 5) is 14.8. The van der Waals surface area contributed by atoms with E-state index in [-0.39, 0.29) is 5.69 Å². The Kier molecular flexibility index (Phi) is 4.32. The fourth-order valence-corrected chi connectivity index (χ4v) is 3.33. The van der Waals surface area contributed by atoms with Gasteiger partial charge in [-0.15, -0.1) is 11.3 Å². The molecule has 130 valence electrons. The molecule has 1 aliphatic rings. The van der Waals surface area contributed by atoms with Gasteiger partial charge < -0.3 is 4.74 Å². The topological polar surface area (TPSA) is 89.7 Å². The number of non-ortho nitro benzene ring substituents is 1. The zero-order chi connectivity index (χ0) is 17.9. The van der Waals surface area contributed by atoms with Crippen molar-refractivity contribution in [1.82, 2.24) is 4.98 Å². The monoisotopic (exact) mass is 366 g/mol. The summed E-state index contributed by atoms with van der Waals surface area (Å²) in [5.74, 6) is 0.838. The van der Waals surface area contributed by atoms with Crippen LogP contribution in [0.4, 0.5) is 10.8 Å². The van der Waals surface area contributed by atoms with Crippen LogP contribution in [0, 0.1) is 10.1 Å². The Bertz CT molecular complexity index is 982. The molecular weight excluding hydrogens is 352 g/mol. The van der Waals surface area contributed by atoms with Crippen LogP contribution in [0.1, 0.15) is 12.0 Å². The van der Waals surface area contributed by atoms with E-state index in [1.54, 1.807) is 12.1 Å². The van der Waals surface area contributed by atoms with Gasteiger partial charge >= 0.3 is 0 Å². The molecule has 0 unspecified atom stereocenters. The summed E-state index contributed by atoms with van der Waals surface area (Å²) in [6, 6.07) is 14.1. The fraction of sp³-hybridized carbons (Fsp3) is 0.111. The van der Waals surface area contributed by atoms with Crippen molar-refractivity contribution in [2.24, 2.45) is 5.10 Å². The van der Waals surface area contributed by atoms with Crippen molar-refractivity contribution < 1.29 is 9.66 Å². The van der Waals surface area contributed by atoms with E-state index in [0.29, 0.717) is 11.7 Å². The Balaban J connectivity index is 1.52. The maximum atomic E-state index is 10.7. The number of thiazole rings is 1. The molecule has 4 rings (SSSR count). The van der Waals surface area contributed by atoms with Crippen LogP contribution < -0.4 is 10.2 Å². The molecule has 0 bridgehead atoms. The van der Waals surface area contributed by atoms with Gasteiger partial charge in [0.05, 0.1) is 22.9 Å². The van der Waals surface area contributed by atoms with Crippen LogP contribution in [-0.4, -0.2) is 22.2 Å². The molecule has 26 heavy (non-hydrogen) atoms. The predicted octanol–water partition coefficient (Wildman–Crippen LogP) is 4.32. The highest BCUT2D eigenvalue weighted by atomic mass is 32.1. The number of nitro groups is 1. The second-order valence-electron chi connectivity index (χ2n) is 5.61. The first-order chi connectivity index (χ1) is 12.7. The van der Waals surface area contributed by atoms with E-state index in [1.807, 2.05) is 29.6 Å². The summed E-state index contributed by atoms with van der Waals surface area (Å²) in [5, 5.41) is 17.8. The Hall–Kier alpha value is -3.26. The predicted molar refractivity (Wildman–Crippen MR) is 101 cm³/mol. The number of ether oxygens (including phenoxy) is 1. The van der Waals surface area contributed by atoms with Crippen molar-refractivity contribution in [3.05, 3.63) is 69.6 Å². The molecule has 1 N–H and O–H groups in total. The summed E-state index contributed by atoms with van der Waals surface area (Å²) in [6.07, 6.45) is 0.727. The Labute approximate surface area is 153 Å². The lowest BCUT2D eigenvalue weighted by Gasteiger charge is -2.18. The van der Waals surface area contributed by atoms with Crippen molar-refractivity contribution in [2.45, 2.75) is 6.42 Å². The number of nitrogens with one attached hydrogen (secondary N) is 1. The molecule has 3 aromatic rings. The molecular formula is C18H14N4O3S. The highest BCUT2D eigenvalue weighted by Crippen LogP contribution is 2.28. The Morgan fingerprint density at radius 3 is 2.81 bits per heavy atom. The molecule has 0 radical (unpaired) electrons. The minimum Gasteiger partial charge on any atom is -0.492 e. The highest BCUT2D eigenvalue weighted by Gasteiger charge is 2.16. The third kappa shape index (κ3) is 3.27. The van der Waals surface area contributed by atoms with Crippen LogP contribution in [0.25, 0.3) is 11.3 Å². The third-order valence-corrected chi connectivity index (χ3v) is 4.71. The summed E-state index contributed by atoms with van der Waals surface area (Å²) in [7, 11) is 0. The molecule has 2 aromatic carbocycles. The molecule has 0 spiro atoms. The number of rotatable bonds is 4. The van der Waals surface area contributed by atoms with E-state index in [2.05, 4.69) is 15.5 Å². The number of benzene rings is 2. The summed E-state index contributed by atoms with van der Waals surface area (Å²) in [5.41, 5.74) is 6.56. The maximum absolute atomic E-state index is 10.7. The molecule has 0 saturated carbocycles. The number of nitro benzene ring substituents is 1. The second kappa shape index (κ2) is 6.93. The third-order valence-electron chi connectivity index (χ3n) is 3.96. The van der Waals surface area contributed by atoms with Gasteiger partial charge in [0, 0.05) is 35.1 Å². The average Bonchev–Trinajstić information content (AvgIpc) is 3.15. The van der Waals surface area contributed by atoms with Gasteiger partial charge in [-0.1, -0.05) is 12.1 Å². The number of para-hydroxylation sites is 1. The number of fused-ring (bicyclic) bond motifs is 1. The van der Waals surface area contributed by atoms with Gasteiger partial charge in [-0.25, -0.2) is 4.98 Å².